The highest BCUT2D eigenvalue weighted by Crippen LogP contribution is 1.93. The fourth-order valence-electron chi connectivity index (χ4n) is 0.105. The van der Waals surface area contributed by atoms with Gasteiger partial charge in [-0.25, -0.2) is 0 Å². The van der Waals surface area contributed by atoms with Gasteiger partial charge in [0, 0.05) is 0 Å². The second kappa shape index (κ2) is 2.30. The molecule has 0 aliphatic carbocycles. The molecule has 3 N–H and O–H groups in total. The summed E-state index contributed by atoms with van der Waals surface area (Å²) in [5.41, 5.74) is 4.58. The first-order chi connectivity index (χ1) is 3.55. The minimum Gasteiger partial charge on any atom is -0.480 e. The molecule has 0 saturated heterocycles. The van der Waals surface area contributed by atoms with Crippen molar-refractivity contribution in [3.63, 3.8) is 0 Å². The van der Waals surface area contributed by atoms with Crippen LogP contribution < -0.4 is 5.73 Å². The number of amides is 1. The number of nitrogens with two attached hydrogens (primary N) is 1. The lowest BCUT2D eigenvalue weighted by Gasteiger charge is -1.94. The van der Waals surface area contributed by atoms with Crippen LogP contribution in [0.3, 0.4) is 0 Å². The Bertz CT molecular complexity index is 106. The SMILES string of the molecule is C[C](C(N)=O)C(=O)O. The standard InChI is InChI=1S/C4H6NO3/c1-2(3(5)6)4(7)8/h1H3,(H2,5,6)(H,7,8). The summed E-state index contributed by atoms with van der Waals surface area (Å²) in [6.07, 6.45) is 0. The molecule has 4 heteroatoms. The zero-order chi connectivity index (χ0) is 6.73. The van der Waals surface area contributed by atoms with Crippen LogP contribution in [0.25, 0.3) is 0 Å². The lowest BCUT2D eigenvalue weighted by molar-refractivity contribution is -0.137. The molecule has 4 nitrogen and oxygen atoms in total. The molecule has 0 aromatic carbocycles. The molecule has 0 bridgehead atoms. The fourth-order valence-corrected chi connectivity index (χ4v) is 0.105. The Hall–Kier alpha value is -1.06. The number of aliphatic carboxylic acids is 1. The van der Waals surface area contributed by atoms with Crippen LogP contribution in [-0.2, 0) is 9.59 Å². The predicted octanol–water partition coefficient (Wildman–Crippen LogP) is -0.849. The van der Waals surface area contributed by atoms with Gasteiger partial charge < -0.3 is 10.8 Å². The van der Waals surface area contributed by atoms with E-state index in [0.717, 1.165) is 6.92 Å². The molecular weight excluding hydrogens is 110 g/mol. The van der Waals surface area contributed by atoms with Gasteiger partial charge in [-0.05, 0) is 6.92 Å². The Kier molecular flexibility index (Phi) is 1.99. The Morgan fingerprint density at radius 1 is 1.50 bits per heavy atom. The van der Waals surface area contributed by atoms with E-state index in [0.29, 0.717) is 0 Å². The average Bonchev–Trinajstić information content (AvgIpc) is 1.64. The summed E-state index contributed by atoms with van der Waals surface area (Å²) < 4.78 is 0. The molecule has 1 radical (unpaired) electrons. The van der Waals surface area contributed by atoms with Crippen molar-refractivity contribution in [2.45, 2.75) is 6.92 Å². The first kappa shape index (κ1) is 6.94. The largest absolute Gasteiger partial charge is 0.480 e. The second-order valence-electron chi connectivity index (χ2n) is 1.29. The van der Waals surface area contributed by atoms with Crippen LogP contribution in [0, 0.1) is 5.92 Å². The van der Waals surface area contributed by atoms with Crippen LogP contribution in [-0.4, -0.2) is 17.0 Å². The number of primary amides is 1. The maximum Gasteiger partial charge on any atom is 0.320 e. The van der Waals surface area contributed by atoms with Gasteiger partial charge in [0.05, 0.1) is 0 Å². The highest BCUT2D eigenvalue weighted by molar-refractivity contribution is 6.10. The molecular formula is C4H6NO3. The monoisotopic (exact) mass is 116 g/mol. The van der Waals surface area contributed by atoms with E-state index >= 15 is 0 Å². The van der Waals surface area contributed by atoms with Gasteiger partial charge in [0.15, 0.2) is 5.92 Å². The number of carbonyl (C=O) groups excluding carboxylic acids is 1. The van der Waals surface area contributed by atoms with Gasteiger partial charge in [-0.2, -0.15) is 0 Å². The number of hydrogen-bond acceptors (Lipinski definition) is 2. The summed E-state index contributed by atoms with van der Waals surface area (Å²) in [6, 6.07) is 0. The molecule has 0 unspecified atom stereocenters. The Balaban J connectivity index is 3.83. The summed E-state index contributed by atoms with van der Waals surface area (Å²) >= 11 is 0. The van der Waals surface area contributed by atoms with E-state index in [9.17, 15) is 9.59 Å². The first-order valence-corrected chi connectivity index (χ1v) is 1.92. The molecule has 0 aliphatic rings. The van der Waals surface area contributed by atoms with Gasteiger partial charge in [-0.15, -0.1) is 0 Å². The molecule has 45 valence electrons. The number of carbonyl (C=O) groups is 2. The second-order valence-corrected chi connectivity index (χ2v) is 1.29. The average molecular weight is 116 g/mol. The number of carboxylic acids is 1. The van der Waals surface area contributed by atoms with Crippen molar-refractivity contribution in [3.05, 3.63) is 5.92 Å². The molecule has 0 aromatic rings. The third kappa shape index (κ3) is 1.59. The van der Waals surface area contributed by atoms with Crippen LogP contribution in [0.1, 0.15) is 6.92 Å². The van der Waals surface area contributed by atoms with Gasteiger partial charge in [0.2, 0.25) is 5.91 Å². The molecule has 0 aliphatic heterocycles. The van der Waals surface area contributed by atoms with Crippen molar-refractivity contribution in [1.29, 1.82) is 0 Å². The maximum absolute atomic E-state index is 9.95. The highest BCUT2D eigenvalue weighted by atomic mass is 16.4. The molecule has 0 heterocycles. The van der Waals surface area contributed by atoms with E-state index in [-0.39, 0.29) is 5.92 Å². The molecule has 8 heavy (non-hydrogen) atoms. The van der Waals surface area contributed by atoms with Crippen LogP contribution in [0.15, 0.2) is 0 Å². The Labute approximate surface area is 46.3 Å². The quantitative estimate of drug-likeness (QED) is 0.461. The van der Waals surface area contributed by atoms with Crippen molar-refractivity contribution >= 4 is 11.9 Å². The third-order valence-electron chi connectivity index (χ3n) is 0.690. The summed E-state index contributed by atoms with van der Waals surface area (Å²) in [6.45, 7) is 1.16. The Morgan fingerprint density at radius 3 is 1.88 bits per heavy atom. The van der Waals surface area contributed by atoms with E-state index in [2.05, 4.69) is 5.73 Å². The smallest absolute Gasteiger partial charge is 0.320 e. The molecule has 0 saturated carbocycles. The fraction of sp³-hybridized carbons (Fsp3) is 0.250. The van der Waals surface area contributed by atoms with Gasteiger partial charge >= 0.3 is 5.97 Å². The first-order valence-electron chi connectivity index (χ1n) is 1.92. The lowest BCUT2D eigenvalue weighted by atomic mass is 10.2. The molecule has 0 aromatic heterocycles. The minimum atomic E-state index is -1.27. The van der Waals surface area contributed by atoms with E-state index in [4.69, 9.17) is 5.11 Å². The van der Waals surface area contributed by atoms with Crippen molar-refractivity contribution in [2.75, 3.05) is 0 Å². The van der Waals surface area contributed by atoms with Gasteiger partial charge in [-0.3, -0.25) is 9.59 Å². The van der Waals surface area contributed by atoms with Crippen LogP contribution in [0.4, 0.5) is 0 Å². The summed E-state index contributed by atoms with van der Waals surface area (Å²) in [5.74, 6) is -2.50. The summed E-state index contributed by atoms with van der Waals surface area (Å²) in [4.78, 5) is 19.7. The van der Waals surface area contributed by atoms with Gasteiger partial charge in [0.25, 0.3) is 0 Å². The van der Waals surface area contributed by atoms with E-state index in [1.54, 1.807) is 0 Å². The predicted molar refractivity (Wildman–Crippen MR) is 25.7 cm³/mol. The van der Waals surface area contributed by atoms with E-state index < -0.39 is 11.9 Å². The molecule has 0 fully saturated rings. The number of carboxylic acid groups (broad SMARTS) is 1. The molecule has 0 rings (SSSR count). The Morgan fingerprint density at radius 2 is 1.88 bits per heavy atom. The molecule has 1 amide bonds. The van der Waals surface area contributed by atoms with E-state index in [1.165, 1.54) is 0 Å². The number of rotatable bonds is 2. The zero-order valence-electron chi connectivity index (χ0n) is 4.34. The van der Waals surface area contributed by atoms with Crippen molar-refractivity contribution < 1.29 is 14.7 Å². The van der Waals surface area contributed by atoms with E-state index in [1.807, 2.05) is 0 Å². The molecule has 0 spiro atoms. The lowest BCUT2D eigenvalue weighted by Crippen LogP contribution is -2.25. The normalized spacial score (nSPS) is 9.25. The summed E-state index contributed by atoms with van der Waals surface area (Å²) in [5, 5.41) is 8.01. The third-order valence-corrected chi connectivity index (χ3v) is 0.690. The number of hydrogen-bond donors (Lipinski definition) is 2. The molecule has 0 atom stereocenters. The van der Waals surface area contributed by atoms with Gasteiger partial charge in [0.1, 0.15) is 0 Å². The van der Waals surface area contributed by atoms with Crippen molar-refractivity contribution in [3.8, 4) is 0 Å². The zero-order valence-corrected chi connectivity index (χ0v) is 4.34. The van der Waals surface area contributed by atoms with Gasteiger partial charge in [-0.1, -0.05) is 0 Å². The van der Waals surface area contributed by atoms with Crippen molar-refractivity contribution in [1.82, 2.24) is 0 Å². The minimum absolute atomic E-state index is 0.343. The maximum atomic E-state index is 9.95. The topological polar surface area (TPSA) is 80.4 Å². The summed E-state index contributed by atoms with van der Waals surface area (Å²) in [7, 11) is 0. The van der Waals surface area contributed by atoms with Crippen molar-refractivity contribution in [2.24, 2.45) is 5.73 Å². The van der Waals surface area contributed by atoms with Crippen LogP contribution >= 0.6 is 0 Å². The van der Waals surface area contributed by atoms with Crippen LogP contribution in [0.5, 0.6) is 0 Å². The highest BCUT2D eigenvalue weighted by Gasteiger charge is 2.17. The van der Waals surface area contributed by atoms with Crippen LogP contribution in [0.2, 0.25) is 0 Å².